The van der Waals surface area contributed by atoms with E-state index in [9.17, 15) is 25.9 Å². The average Bonchev–Trinajstić information content (AvgIpc) is 2.20. The van der Waals surface area contributed by atoms with E-state index >= 15 is 0 Å². The first-order valence-electron chi connectivity index (χ1n) is 24.7. The van der Waals surface area contributed by atoms with Gasteiger partial charge in [0.25, 0.3) is 0 Å². The Balaban J connectivity index is 0.000000174. The first-order valence-corrected chi connectivity index (χ1v) is 31.8. The van der Waals surface area contributed by atoms with Crippen LogP contribution in [0, 0.1) is 0 Å². The second kappa shape index (κ2) is 32.2. The van der Waals surface area contributed by atoms with Crippen molar-refractivity contribution in [3.63, 3.8) is 0 Å². The third-order valence-electron chi connectivity index (χ3n) is 11.9. The van der Waals surface area contributed by atoms with Crippen molar-refractivity contribution in [2.24, 2.45) is 0 Å². The van der Waals surface area contributed by atoms with E-state index in [0.717, 1.165) is 28.1 Å². The van der Waals surface area contributed by atoms with Crippen LogP contribution in [0.4, 0.5) is 0 Å². The summed E-state index contributed by atoms with van der Waals surface area (Å²) in [6.45, 7) is 0. The van der Waals surface area contributed by atoms with E-state index in [4.69, 9.17) is 34.8 Å². The van der Waals surface area contributed by atoms with E-state index in [2.05, 4.69) is 213 Å². The van der Waals surface area contributed by atoms with E-state index < -0.39 is 50.6 Å². The Labute approximate surface area is 534 Å². The number of hydrogen-bond donors (Lipinski definition) is 0. The first kappa shape index (κ1) is 66.7. The molecule has 0 amide bonds. The largest absolute Gasteiger partial charge is 1.00 e. The summed E-state index contributed by atoms with van der Waals surface area (Å²) in [7, 11) is -11.6. The third-order valence-corrected chi connectivity index (χ3v) is 19.8. The first-order chi connectivity index (χ1) is 39.8. The molecule has 0 aliphatic carbocycles. The fourth-order valence-corrected chi connectivity index (χ4v) is 15.8. The zero-order chi connectivity index (χ0) is 57.8. The van der Waals surface area contributed by atoms with Crippen molar-refractivity contribution in [1.82, 2.24) is 58.7 Å². The molecule has 0 saturated heterocycles. The van der Waals surface area contributed by atoms with Crippen molar-refractivity contribution in [1.29, 1.82) is 0 Å². The Morgan fingerprint density at radius 1 is 0.310 bits per heavy atom. The van der Waals surface area contributed by atoms with Crippen molar-refractivity contribution < 1.29 is 70.7 Å². The van der Waals surface area contributed by atoms with Gasteiger partial charge in [-0.15, -0.1) is 0 Å². The van der Waals surface area contributed by atoms with Gasteiger partial charge in [0.05, 0.1) is 15.8 Å². The zero-order valence-corrected chi connectivity index (χ0v) is 52.5. The minimum atomic E-state index is -4.94. The minimum absolute atomic E-state index is 0. The Morgan fingerprint density at radius 2 is 0.452 bits per heavy atom. The van der Waals surface area contributed by atoms with Gasteiger partial charge in [0.1, 0.15) is 31.8 Å². The maximum Gasteiger partial charge on any atom is 1.00 e. The number of halogens is 3. The van der Waals surface area contributed by atoms with Crippen LogP contribution in [0.25, 0.3) is 0 Å². The molecule has 0 aliphatic rings. The molecule has 12 aromatic rings. The van der Waals surface area contributed by atoms with Crippen molar-refractivity contribution in [2.45, 2.75) is 14.5 Å². The van der Waals surface area contributed by atoms with Gasteiger partial charge in [-0.3, -0.25) is 0 Å². The molecule has 0 radical (unpaired) electrons. The number of benzene rings is 6. The molecule has 0 fully saturated rings. The summed E-state index contributed by atoms with van der Waals surface area (Å²) in [4.78, 5) is 0. The Bertz CT molecular complexity index is 3310. The third kappa shape index (κ3) is 16.1. The number of aromatic nitrogens is 12. The molecule has 6 aromatic carbocycles. The Hall–Kier alpha value is -6.39. The fourth-order valence-electron chi connectivity index (χ4n) is 8.59. The summed E-state index contributed by atoms with van der Waals surface area (Å²) >= 11 is 14.4. The van der Waals surface area contributed by atoms with Crippen LogP contribution in [0.3, 0.4) is 0 Å². The van der Waals surface area contributed by atoms with Crippen LogP contribution < -0.4 is 31.8 Å². The molecule has 0 aliphatic heterocycles. The van der Waals surface area contributed by atoms with Gasteiger partial charge in [-0.25, -0.2) is 44.9 Å². The molecule has 0 saturated carbocycles. The second-order valence-corrected chi connectivity index (χ2v) is 26.8. The predicted molar refractivity (Wildman–Crippen MR) is 325 cm³/mol. The van der Waals surface area contributed by atoms with Crippen molar-refractivity contribution in [3.8, 4) is 0 Å². The van der Waals surface area contributed by atoms with E-state index in [1.807, 2.05) is 0 Å². The van der Waals surface area contributed by atoms with Gasteiger partial charge in [-0.05, 0) is 109 Å². The Morgan fingerprint density at radius 3 is 0.560 bits per heavy atom. The van der Waals surface area contributed by atoms with Gasteiger partial charge in [0, 0.05) is 74.4 Å². The number of alkyl halides is 3. The molecule has 84 heavy (non-hydrogen) atoms. The SMILES string of the molecule is ClC(Cl)Cl.O=S(=O)([O-])C(n1cccn1)(n1cccn1)n1cccn1.O=S(=O)([O-])C(n1cccn1)(n1cccn1)n1cccn1.[Ag+].[Ag+].c1ccc([PH+](c2ccccc2)c2ccccc2)cc1.c1ccc([PH+](c2ccccc2)c2ccccc2)cc1. The van der Waals surface area contributed by atoms with Gasteiger partial charge in [0.2, 0.25) is 0 Å². The molecule has 12 rings (SSSR count). The number of nitrogens with zero attached hydrogens (tertiary/aromatic N) is 12. The van der Waals surface area contributed by atoms with E-state index in [1.54, 1.807) is 0 Å². The standard InChI is InChI=1S/2C18H15P.2C10H10N6O3S.CHCl3.2Ag/c2*1-4-10-16(11-5-1)19(17-12-6-2-7-13-17)18-14-8-3-9-15-18;2*17-20(18,19)10(14-7-1-4-11-14,15-8-2-5-12-15)16-9-3-6-13-16;2-1(3)4;;/h2*1-15H;2*1-9H,(H,17,18,19);1H;;/q;;;;;2*+1. The molecule has 18 nitrogen and oxygen atoms in total. The summed E-state index contributed by atoms with van der Waals surface area (Å²) in [6, 6.07) is 74.0. The molecule has 0 atom stereocenters. The fraction of sp³-hybridized carbons (Fsp3) is 0.0526. The maximum atomic E-state index is 12.0. The van der Waals surface area contributed by atoms with E-state index in [0.29, 0.717) is 0 Å². The topological polar surface area (TPSA) is 221 Å². The van der Waals surface area contributed by atoms with Crippen LogP contribution >= 0.6 is 50.6 Å². The molecular weight excluding hydrogens is 1400 g/mol. The minimum Gasteiger partial charge on any atom is -0.743 e. The van der Waals surface area contributed by atoms with Crippen LogP contribution in [0.5, 0.6) is 0 Å². The molecule has 0 unspecified atom stereocenters. The van der Waals surface area contributed by atoms with Crippen molar-refractivity contribution in [3.05, 3.63) is 293 Å². The average molecular weight is 1450 g/mol. The van der Waals surface area contributed by atoms with Crippen LogP contribution in [0.2, 0.25) is 0 Å². The van der Waals surface area contributed by atoms with E-state index in [1.165, 1.54) is 143 Å². The zero-order valence-electron chi connectivity index (χ0n) is 43.7. The maximum absolute atomic E-state index is 12.0. The summed E-state index contributed by atoms with van der Waals surface area (Å²) in [5, 5.41) is 27.4. The Kier molecular flexibility index (Phi) is 25.6. The van der Waals surface area contributed by atoms with Crippen LogP contribution in [0.15, 0.2) is 293 Å². The predicted octanol–water partition coefficient (Wildman–Crippen LogP) is 7.31. The molecule has 438 valence electrons. The van der Waals surface area contributed by atoms with Gasteiger partial charge < -0.3 is 9.11 Å². The van der Waals surface area contributed by atoms with Gasteiger partial charge in [-0.2, -0.15) is 30.6 Å². The van der Waals surface area contributed by atoms with Crippen molar-refractivity contribution in [2.75, 3.05) is 0 Å². The monoisotopic (exact) mass is 1440 g/mol. The number of rotatable bonds is 14. The molecule has 0 bridgehead atoms. The van der Waals surface area contributed by atoms with Gasteiger partial charge >= 0.3 is 55.0 Å². The van der Waals surface area contributed by atoms with E-state index in [-0.39, 0.29) is 44.8 Å². The number of hydrogen-bond acceptors (Lipinski definition) is 12. The summed E-state index contributed by atoms with van der Waals surface area (Å²) < 4.78 is 77.3. The van der Waals surface area contributed by atoms with Crippen LogP contribution in [0.1, 0.15) is 0 Å². The van der Waals surface area contributed by atoms with Gasteiger partial charge in [0.15, 0.2) is 24.5 Å². The molecule has 27 heteroatoms. The quantitative estimate of drug-likeness (QED) is 0.0453. The van der Waals surface area contributed by atoms with Crippen LogP contribution in [-0.4, -0.2) is 88.9 Å². The summed E-state index contributed by atoms with van der Waals surface area (Å²) in [6.07, 6.45) is 16.4. The molecular formula is C57H51Ag2Cl3N12O6P2S2+2. The van der Waals surface area contributed by atoms with Crippen molar-refractivity contribution >= 4 is 103 Å². The molecule has 6 heterocycles. The smallest absolute Gasteiger partial charge is 0.743 e. The summed E-state index contributed by atoms with van der Waals surface area (Å²) in [5.74, 6) is 0. The molecule has 0 N–H and O–H groups in total. The normalized spacial score (nSPS) is 11.2. The molecule has 0 spiro atoms. The molecule has 6 aromatic heterocycles. The summed E-state index contributed by atoms with van der Waals surface area (Å²) in [5.41, 5.74) is 0. The second-order valence-electron chi connectivity index (χ2n) is 17.0. The van der Waals surface area contributed by atoms with Gasteiger partial charge in [-0.1, -0.05) is 144 Å². The van der Waals surface area contributed by atoms with Crippen LogP contribution in [-0.2, 0) is 75.2 Å².